The first-order chi connectivity index (χ1) is 15.7. The highest BCUT2D eigenvalue weighted by Crippen LogP contribution is 2.36. The molecule has 186 valence electrons. The summed E-state index contributed by atoms with van der Waals surface area (Å²) >= 11 is 0. The van der Waals surface area contributed by atoms with E-state index in [0.717, 1.165) is 10.6 Å². The molecule has 2 aromatic carbocycles. The van der Waals surface area contributed by atoms with Crippen molar-refractivity contribution in [1.82, 2.24) is 9.62 Å². The van der Waals surface area contributed by atoms with Crippen molar-refractivity contribution in [2.75, 3.05) is 19.4 Å². The van der Waals surface area contributed by atoms with Crippen molar-refractivity contribution < 1.29 is 44.3 Å². The van der Waals surface area contributed by atoms with Gasteiger partial charge in [0.2, 0.25) is 15.9 Å². The second kappa shape index (κ2) is 9.55. The molecule has 0 aliphatic carbocycles. The van der Waals surface area contributed by atoms with Crippen LogP contribution < -0.4 is 5.32 Å². The smallest absolute Gasteiger partial charge is 0.375 e. The Hall–Kier alpha value is -2.64. The van der Waals surface area contributed by atoms with Crippen molar-refractivity contribution in [2.45, 2.75) is 31.0 Å². The van der Waals surface area contributed by atoms with Crippen LogP contribution in [-0.2, 0) is 38.5 Å². The molecule has 1 N–H and O–H groups in total. The predicted octanol–water partition coefficient (Wildman–Crippen LogP) is 3.74. The van der Waals surface area contributed by atoms with Crippen molar-refractivity contribution in [2.24, 2.45) is 0 Å². The highest BCUT2D eigenvalue weighted by atomic mass is 32.2. The second-order valence-electron chi connectivity index (χ2n) is 7.77. The van der Waals surface area contributed by atoms with Gasteiger partial charge in [-0.3, -0.25) is 4.79 Å². The van der Waals surface area contributed by atoms with Crippen LogP contribution in [0.3, 0.4) is 0 Å². The zero-order valence-electron chi connectivity index (χ0n) is 17.7. The van der Waals surface area contributed by atoms with Gasteiger partial charge < -0.3 is 10.1 Å². The molecule has 0 aromatic heterocycles. The van der Waals surface area contributed by atoms with Gasteiger partial charge >= 0.3 is 12.4 Å². The molecule has 6 nitrogen and oxygen atoms in total. The first-order valence-corrected chi connectivity index (χ1v) is 11.7. The normalized spacial score (nSPS) is 20.3. The summed E-state index contributed by atoms with van der Waals surface area (Å²) in [7, 11) is -3.84. The number of nitrogens with one attached hydrogen (secondary N) is 1. The monoisotopic (exact) mass is 510 g/mol. The van der Waals surface area contributed by atoms with Crippen LogP contribution in [-0.4, -0.2) is 44.1 Å². The van der Waals surface area contributed by atoms with Crippen LogP contribution in [0.15, 0.2) is 48.5 Å². The van der Waals surface area contributed by atoms with Crippen LogP contribution in [0.1, 0.15) is 28.3 Å². The van der Waals surface area contributed by atoms with Crippen molar-refractivity contribution >= 4 is 15.9 Å². The van der Waals surface area contributed by atoms with Crippen molar-refractivity contribution in [3.8, 4) is 0 Å². The average molecular weight is 510 g/mol. The maximum absolute atomic E-state index is 13.1. The number of carbonyl (C=O) groups is 1. The molecule has 1 fully saturated rings. The number of hydrogen-bond acceptors (Lipinski definition) is 4. The van der Waals surface area contributed by atoms with E-state index in [1.54, 1.807) is 30.3 Å². The number of halogens is 6. The van der Waals surface area contributed by atoms with Gasteiger partial charge in [0.25, 0.3) is 0 Å². The van der Waals surface area contributed by atoms with Crippen LogP contribution in [0, 0.1) is 0 Å². The van der Waals surface area contributed by atoms with Gasteiger partial charge in [-0.1, -0.05) is 30.3 Å². The Balaban J connectivity index is 1.85. The van der Waals surface area contributed by atoms with E-state index in [-0.39, 0.29) is 18.2 Å². The lowest BCUT2D eigenvalue weighted by Crippen LogP contribution is -2.58. The third-order valence-electron chi connectivity index (χ3n) is 5.12. The van der Waals surface area contributed by atoms with Crippen molar-refractivity contribution in [3.05, 3.63) is 70.8 Å². The summed E-state index contributed by atoms with van der Waals surface area (Å²) in [5, 5.41) is 2.59. The fourth-order valence-corrected chi connectivity index (χ4v) is 4.72. The van der Waals surface area contributed by atoms with Gasteiger partial charge in [0.05, 0.1) is 49.2 Å². The third-order valence-corrected chi connectivity index (χ3v) is 6.33. The predicted molar refractivity (Wildman–Crippen MR) is 109 cm³/mol. The average Bonchev–Trinajstić information content (AvgIpc) is 2.72. The molecule has 2 atom stereocenters. The molecule has 1 saturated heterocycles. The molecule has 34 heavy (non-hydrogen) atoms. The molecule has 1 aliphatic rings. The van der Waals surface area contributed by atoms with Crippen molar-refractivity contribution in [3.63, 3.8) is 0 Å². The minimum Gasteiger partial charge on any atom is -0.375 e. The van der Waals surface area contributed by atoms with Crippen molar-refractivity contribution in [1.29, 1.82) is 0 Å². The van der Waals surface area contributed by atoms with Gasteiger partial charge in [-0.2, -0.15) is 30.6 Å². The molecule has 0 radical (unpaired) electrons. The molecular weight excluding hydrogens is 490 g/mol. The molecule has 0 saturated carbocycles. The van der Waals surface area contributed by atoms with Gasteiger partial charge in [0, 0.05) is 0 Å². The summed E-state index contributed by atoms with van der Waals surface area (Å²) in [6.45, 7) is -1.44. The molecule has 2 aromatic rings. The number of nitrogens with zero attached hydrogens (tertiary/aromatic N) is 1. The molecule has 1 amide bonds. The van der Waals surface area contributed by atoms with E-state index in [1.807, 2.05) is 0 Å². The van der Waals surface area contributed by atoms with E-state index in [9.17, 15) is 39.6 Å². The highest BCUT2D eigenvalue weighted by molar-refractivity contribution is 7.88. The maximum atomic E-state index is 13.1. The van der Waals surface area contributed by atoms with E-state index in [4.69, 9.17) is 4.74 Å². The number of alkyl halides is 6. The molecule has 1 heterocycles. The molecule has 3 rings (SSSR count). The van der Waals surface area contributed by atoms with Gasteiger partial charge in [0.15, 0.2) is 0 Å². The van der Waals surface area contributed by atoms with Crippen LogP contribution in [0.2, 0.25) is 0 Å². The van der Waals surface area contributed by atoms with Gasteiger partial charge in [-0.05, 0) is 29.3 Å². The largest absolute Gasteiger partial charge is 0.416 e. The third kappa shape index (κ3) is 6.27. The Morgan fingerprint density at radius 3 is 2.06 bits per heavy atom. The van der Waals surface area contributed by atoms with Gasteiger partial charge in [0.1, 0.15) is 0 Å². The number of rotatable bonds is 6. The lowest BCUT2D eigenvalue weighted by atomic mass is 9.97. The Morgan fingerprint density at radius 2 is 1.56 bits per heavy atom. The molecule has 1 aliphatic heterocycles. The number of benzene rings is 2. The minimum atomic E-state index is -5.00. The number of carbonyl (C=O) groups excluding carboxylic acids is 1. The fraction of sp³-hybridized carbons (Fsp3) is 0.381. The molecule has 0 bridgehead atoms. The minimum absolute atomic E-state index is 0.0142. The summed E-state index contributed by atoms with van der Waals surface area (Å²) in [6, 6.07) is 7.57. The Kier molecular flexibility index (Phi) is 7.29. The standard InChI is InChI=1S/C21H20F6N2O4S/c1-34(31,32)29-10-18(30)28-17(19(29)14-5-3-2-4-6-14)12-33-11-13-7-15(20(22,23)24)9-16(8-13)21(25,26)27/h2-9,17,19H,10-12H2,1H3,(H,28,30)/t17-,19+/m1/s1. The lowest BCUT2D eigenvalue weighted by molar-refractivity contribution is -0.143. The first kappa shape index (κ1) is 26.0. The Labute approximate surface area is 191 Å². The number of piperazine rings is 1. The summed E-state index contributed by atoms with van der Waals surface area (Å²) in [6.07, 6.45) is -9.07. The summed E-state index contributed by atoms with van der Waals surface area (Å²) in [4.78, 5) is 12.1. The maximum Gasteiger partial charge on any atom is 0.416 e. The van der Waals surface area contributed by atoms with Crippen LogP contribution in [0.5, 0.6) is 0 Å². The van der Waals surface area contributed by atoms with E-state index >= 15 is 0 Å². The number of amides is 1. The molecule has 0 spiro atoms. The SMILES string of the molecule is CS(=O)(=O)N1CC(=O)N[C@H](COCc2cc(C(F)(F)F)cc(C(F)(F)F)c2)[C@@H]1c1ccccc1. The van der Waals surface area contributed by atoms with Gasteiger partial charge in [-0.25, -0.2) is 8.42 Å². The van der Waals surface area contributed by atoms with Crippen LogP contribution in [0.4, 0.5) is 26.3 Å². The fourth-order valence-electron chi connectivity index (χ4n) is 3.68. The number of sulfonamides is 1. The van der Waals surface area contributed by atoms with E-state index in [2.05, 4.69) is 5.32 Å². The summed E-state index contributed by atoms with van der Waals surface area (Å²) in [5.74, 6) is -0.621. The lowest BCUT2D eigenvalue weighted by Gasteiger charge is -2.40. The quantitative estimate of drug-likeness (QED) is 0.601. The molecule has 13 heteroatoms. The Morgan fingerprint density at radius 1 is 1.00 bits per heavy atom. The zero-order valence-corrected chi connectivity index (χ0v) is 18.5. The highest BCUT2D eigenvalue weighted by Gasteiger charge is 2.41. The molecular formula is C21H20F6N2O4S. The van der Waals surface area contributed by atoms with Crippen LogP contribution >= 0.6 is 0 Å². The summed E-state index contributed by atoms with van der Waals surface area (Å²) in [5.41, 5.74) is -2.80. The first-order valence-electron chi connectivity index (χ1n) is 9.83. The second-order valence-corrected chi connectivity index (χ2v) is 9.70. The number of hydrogen-bond donors (Lipinski definition) is 1. The topological polar surface area (TPSA) is 75.7 Å². The van der Waals surface area contributed by atoms with Crippen LogP contribution in [0.25, 0.3) is 0 Å². The van der Waals surface area contributed by atoms with E-state index in [1.165, 1.54) is 0 Å². The molecule has 0 unspecified atom stereocenters. The summed E-state index contributed by atoms with van der Waals surface area (Å²) < 4.78 is 109. The Bertz CT molecular complexity index is 1100. The van der Waals surface area contributed by atoms with Gasteiger partial charge in [-0.15, -0.1) is 0 Å². The van der Waals surface area contributed by atoms with E-state index < -0.39 is 64.6 Å². The zero-order chi connectivity index (χ0) is 25.3. The number of ether oxygens (including phenoxy) is 1. The van der Waals surface area contributed by atoms with E-state index in [0.29, 0.717) is 17.7 Å².